The average Bonchev–Trinajstić information content (AvgIpc) is 3.15. The maximum atomic E-state index is 12.7. The highest BCUT2D eigenvalue weighted by molar-refractivity contribution is 5.93. The molecule has 3 rings (SSSR count). The monoisotopic (exact) mass is 356 g/mol. The van der Waals surface area contributed by atoms with E-state index in [9.17, 15) is 13.6 Å². The van der Waals surface area contributed by atoms with E-state index in [0.29, 0.717) is 18.8 Å². The van der Waals surface area contributed by atoms with Crippen LogP contribution < -0.4 is 10.6 Å². The number of aromatic nitrogens is 2. The molecule has 2 N–H and O–H groups in total. The van der Waals surface area contributed by atoms with Gasteiger partial charge in [0, 0.05) is 43.5 Å². The van der Waals surface area contributed by atoms with Gasteiger partial charge in [-0.2, -0.15) is 5.10 Å². The van der Waals surface area contributed by atoms with Gasteiger partial charge in [0.05, 0.1) is 12.1 Å². The highest BCUT2D eigenvalue weighted by atomic mass is 35.5. The van der Waals surface area contributed by atoms with Crippen LogP contribution in [-0.4, -0.2) is 28.8 Å². The quantitative estimate of drug-likeness (QED) is 0.885. The van der Waals surface area contributed by atoms with Crippen molar-refractivity contribution in [1.29, 1.82) is 0 Å². The van der Waals surface area contributed by atoms with E-state index in [0.717, 1.165) is 5.56 Å². The van der Waals surface area contributed by atoms with Gasteiger partial charge in [0.2, 0.25) is 5.91 Å². The second kappa shape index (κ2) is 7.72. The van der Waals surface area contributed by atoms with E-state index in [1.54, 1.807) is 16.9 Å². The van der Waals surface area contributed by atoms with Gasteiger partial charge in [0.1, 0.15) is 0 Å². The van der Waals surface area contributed by atoms with E-state index in [2.05, 4.69) is 15.7 Å². The van der Waals surface area contributed by atoms with Crippen LogP contribution in [0.25, 0.3) is 0 Å². The Morgan fingerprint density at radius 2 is 2.21 bits per heavy atom. The maximum absolute atomic E-state index is 12.7. The molecule has 1 aliphatic rings. The van der Waals surface area contributed by atoms with E-state index in [-0.39, 0.29) is 35.7 Å². The summed E-state index contributed by atoms with van der Waals surface area (Å²) in [6.07, 6.45) is 1.10. The van der Waals surface area contributed by atoms with Crippen molar-refractivity contribution < 1.29 is 13.6 Å². The van der Waals surface area contributed by atoms with Gasteiger partial charge in [-0.05, 0) is 17.7 Å². The summed E-state index contributed by atoms with van der Waals surface area (Å²) in [5, 5.41) is 10.1. The molecule has 1 aromatic heterocycles. The number of hydrogen-bond donors (Lipinski definition) is 2. The standard InChI is InChI=1S/C16H18F2N4O.ClH/c1-22-9-11(6-20-22)13-7-19-8-14(13)16(23)21-12-4-2-3-10(5-12)15(17)18;/h2-6,9,13-15,19H,7-8H2,1H3,(H,21,23);1H/t13-,14+;/m1./s1. The van der Waals surface area contributed by atoms with Gasteiger partial charge in [-0.25, -0.2) is 8.78 Å². The topological polar surface area (TPSA) is 59.0 Å². The van der Waals surface area contributed by atoms with Gasteiger partial charge in [0.25, 0.3) is 6.43 Å². The Bertz CT molecular complexity index is 707. The number of amides is 1. The van der Waals surface area contributed by atoms with E-state index in [1.165, 1.54) is 18.2 Å². The minimum Gasteiger partial charge on any atom is -0.326 e. The zero-order valence-corrected chi connectivity index (χ0v) is 13.9. The lowest BCUT2D eigenvalue weighted by Crippen LogP contribution is -2.28. The molecular formula is C16H19ClF2N4O. The van der Waals surface area contributed by atoms with Crippen molar-refractivity contribution in [2.24, 2.45) is 13.0 Å². The molecule has 0 saturated carbocycles. The number of alkyl halides is 2. The van der Waals surface area contributed by atoms with Gasteiger partial charge in [-0.3, -0.25) is 9.48 Å². The normalized spacial score (nSPS) is 20.0. The number of benzene rings is 1. The predicted molar refractivity (Wildman–Crippen MR) is 89.6 cm³/mol. The molecule has 0 bridgehead atoms. The third kappa shape index (κ3) is 3.91. The predicted octanol–water partition coefficient (Wildman–Crippen LogP) is 2.72. The molecule has 2 atom stereocenters. The molecule has 130 valence electrons. The molecule has 1 aromatic carbocycles. The largest absolute Gasteiger partial charge is 0.326 e. The first-order chi connectivity index (χ1) is 11.0. The second-order valence-corrected chi connectivity index (χ2v) is 5.73. The highest BCUT2D eigenvalue weighted by Gasteiger charge is 2.34. The summed E-state index contributed by atoms with van der Waals surface area (Å²) in [5.74, 6) is -0.397. The van der Waals surface area contributed by atoms with E-state index < -0.39 is 6.43 Å². The summed E-state index contributed by atoms with van der Waals surface area (Å²) in [4.78, 5) is 12.5. The van der Waals surface area contributed by atoms with Crippen LogP contribution in [0.4, 0.5) is 14.5 Å². The molecule has 0 radical (unpaired) electrons. The zero-order valence-electron chi connectivity index (χ0n) is 13.1. The number of rotatable bonds is 4. The number of nitrogens with zero attached hydrogens (tertiary/aromatic N) is 2. The van der Waals surface area contributed by atoms with Crippen LogP contribution in [0.15, 0.2) is 36.7 Å². The molecule has 2 heterocycles. The molecule has 1 fully saturated rings. The van der Waals surface area contributed by atoms with Crippen LogP contribution in [0, 0.1) is 5.92 Å². The molecule has 5 nitrogen and oxygen atoms in total. The Hall–Kier alpha value is -1.99. The first-order valence-corrected chi connectivity index (χ1v) is 7.43. The highest BCUT2D eigenvalue weighted by Crippen LogP contribution is 2.29. The molecule has 24 heavy (non-hydrogen) atoms. The minimum atomic E-state index is -2.55. The molecule has 0 spiro atoms. The number of halogens is 3. The number of carbonyl (C=O) groups excluding carboxylic acids is 1. The number of aryl methyl sites for hydroxylation is 1. The van der Waals surface area contributed by atoms with E-state index >= 15 is 0 Å². The van der Waals surface area contributed by atoms with Crippen LogP contribution in [0.3, 0.4) is 0 Å². The van der Waals surface area contributed by atoms with Crippen LogP contribution in [0.1, 0.15) is 23.5 Å². The van der Waals surface area contributed by atoms with E-state index in [1.807, 2.05) is 13.2 Å². The summed E-state index contributed by atoms with van der Waals surface area (Å²) in [6.45, 7) is 1.25. The lowest BCUT2D eigenvalue weighted by Gasteiger charge is -2.17. The van der Waals surface area contributed by atoms with Crippen molar-refractivity contribution >= 4 is 24.0 Å². The Balaban J connectivity index is 0.00000208. The van der Waals surface area contributed by atoms with E-state index in [4.69, 9.17) is 0 Å². The zero-order chi connectivity index (χ0) is 16.4. The molecule has 1 aliphatic heterocycles. The fourth-order valence-electron chi connectivity index (χ4n) is 2.92. The lowest BCUT2D eigenvalue weighted by molar-refractivity contribution is -0.119. The van der Waals surface area contributed by atoms with Crippen molar-refractivity contribution in [3.8, 4) is 0 Å². The molecule has 0 aliphatic carbocycles. The Kier molecular flexibility index (Phi) is 5.90. The maximum Gasteiger partial charge on any atom is 0.263 e. The summed E-state index contributed by atoms with van der Waals surface area (Å²) in [5.41, 5.74) is 1.29. The fourth-order valence-corrected chi connectivity index (χ4v) is 2.92. The average molecular weight is 357 g/mol. The van der Waals surface area contributed by atoms with Crippen molar-refractivity contribution in [2.45, 2.75) is 12.3 Å². The van der Waals surface area contributed by atoms with Gasteiger partial charge in [-0.15, -0.1) is 12.4 Å². The number of hydrogen-bond acceptors (Lipinski definition) is 3. The van der Waals surface area contributed by atoms with Crippen molar-refractivity contribution in [1.82, 2.24) is 15.1 Å². The van der Waals surface area contributed by atoms with Gasteiger partial charge in [-0.1, -0.05) is 12.1 Å². The molecule has 0 unspecified atom stereocenters. The van der Waals surface area contributed by atoms with Crippen LogP contribution in [-0.2, 0) is 11.8 Å². The summed E-state index contributed by atoms with van der Waals surface area (Å²) < 4.78 is 27.2. The number of nitrogens with one attached hydrogen (secondary N) is 2. The molecule has 1 amide bonds. The molecule has 1 saturated heterocycles. The van der Waals surface area contributed by atoms with Gasteiger partial charge in [0.15, 0.2) is 0 Å². The lowest BCUT2D eigenvalue weighted by atomic mass is 9.90. The van der Waals surface area contributed by atoms with Crippen molar-refractivity contribution in [3.63, 3.8) is 0 Å². The molecule has 8 heteroatoms. The number of carbonyl (C=O) groups is 1. The van der Waals surface area contributed by atoms with Crippen molar-refractivity contribution in [2.75, 3.05) is 18.4 Å². The van der Waals surface area contributed by atoms with Crippen LogP contribution in [0.2, 0.25) is 0 Å². The third-order valence-electron chi connectivity index (χ3n) is 4.11. The van der Waals surface area contributed by atoms with Gasteiger partial charge < -0.3 is 10.6 Å². The van der Waals surface area contributed by atoms with Crippen LogP contribution in [0.5, 0.6) is 0 Å². The number of anilines is 1. The van der Waals surface area contributed by atoms with Crippen molar-refractivity contribution in [3.05, 3.63) is 47.8 Å². The SMILES string of the molecule is Cl.Cn1cc([C@H]2CNC[C@@H]2C(=O)Nc2cccc(C(F)F)c2)cn1. The Morgan fingerprint density at radius 1 is 1.42 bits per heavy atom. The minimum absolute atomic E-state index is 0. The van der Waals surface area contributed by atoms with Gasteiger partial charge >= 0.3 is 0 Å². The first kappa shape index (κ1) is 18.4. The first-order valence-electron chi connectivity index (χ1n) is 7.43. The summed E-state index contributed by atoms with van der Waals surface area (Å²) in [7, 11) is 1.83. The fraction of sp³-hybridized carbons (Fsp3) is 0.375. The Labute approximate surface area is 144 Å². The second-order valence-electron chi connectivity index (χ2n) is 5.73. The van der Waals surface area contributed by atoms with Crippen LogP contribution >= 0.6 is 12.4 Å². The Morgan fingerprint density at radius 3 is 2.88 bits per heavy atom. The summed E-state index contributed by atoms with van der Waals surface area (Å²) >= 11 is 0. The molecule has 2 aromatic rings. The molecular weight excluding hydrogens is 338 g/mol. The smallest absolute Gasteiger partial charge is 0.263 e. The summed E-state index contributed by atoms with van der Waals surface area (Å²) in [6, 6.07) is 5.79. The third-order valence-corrected chi connectivity index (χ3v) is 4.11.